The average molecular weight is 166 g/mol. The molecule has 0 aliphatic rings. The summed E-state index contributed by atoms with van der Waals surface area (Å²) in [6.07, 6.45) is 0. The van der Waals surface area contributed by atoms with E-state index >= 15 is 0 Å². The molecule has 0 fully saturated rings. The first-order chi connectivity index (χ1) is 2.64. The van der Waals surface area contributed by atoms with Gasteiger partial charge in [0.2, 0.25) is 0 Å². The molecule has 0 aromatic rings. The Morgan fingerprint density at radius 2 is 2.00 bits per heavy atom. The molecule has 0 saturated carbocycles. The van der Waals surface area contributed by atoms with Crippen molar-refractivity contribution in [2.24, 2.45) is 0 Å². The Balaban J connectivity index is 0. The van der Waals surface area contributed by atoms with Crippen LogP contribution < -0.4 is 0 Å². The van der Waals surface area contributed by atoms with E-state index < -0.39 is 5.97 Å². The van der Waals surface area contributed by atoms with Gasteiger partial charge in [0, 0.05) is 0 Å². The summed E-state index contributed by atoms with van der Waals surface area (Å²) in [4.78, 5) is 9.73. The van der Waals surface area contributed by atoms with E-state index in [4.69, 9.17) is 5.11 Å². The van der Waals surface area contributed by atoms with Gasteiger partial charge in [-0.1, -0.05) is 0 Å². The summed E-state index contributed by atoms with van der Waals surface area (Å²) in [5, 5.41) is 8.02. The maximum absolute atomic E-state index is 9.73. The van der Waals surface area contributed by atoms with Crippen LogP contribution in [-0.2, 0) is 4.79 Å². The van der Waals surface area contributed by atoms with Gasteiger partial charge in [-0.25, -0.2) is 0 Å². The summed E-state index contributed by atoms with van der Waals surface area (Å²) in [6.45, 7) is 1.70. The molecule has 4 heteroatoms. The third kappa shape index (κ3) is 5.97. The summed E-state index contributed by atoms with van der Waals surface area (Å²) >= 11 is 0.843. The predicted octanol–water partition coefficient (Wildman–Crippen LogP) is -1.31. The monoisotopic (exact) mass is 167 g/mol. The molecule has 43 valence electrons. The first kappa shape index (κ1) is 10.1. The molecular formula is C3H9GeO3. The summed E-state index contributed by atoms with van der Waals surface area (Å²) in [6, 6.07) is 0. The standard InChI is InChI=1S/C3H7GeO2.H2O/c1-2(4)3(5)6;/h2H,4H2,1H3,(H,5,6);1H2. The number of carboxylic acid groups (broad SMARTS) is 1. The van der Waals surface area contributed by atoms with E-state index in [1.54, 1.807) is 6.92 Å². The summed E-state index contributed by atoms with van der Waals surface area (Å²) in [7, 11) is 0. The average Bonchev–Trinajstić information content (AvgIpc) is 1.36. The van der Waals surface area contributed by atoms with Gasteiger partial charge in [0.05, 0.1) is 0 Å². The van der Waals surface area contributed by atoms with Crippen LogP contribution >= 0.6 is 0 Å². The maximum atomic E-state index is 9.73. The molecule has 0 spiro atoms. The molecule has 0 bridgehead atoms. The van der Waals surface area contributed by atoms with Gasteiger partial charge >= 0.3 is 44.1 Å². The van der Waals surface area contributed by atoms with Crippen LogP contribution in [0.15, 0.2) is 0 Å². The van der Waals surface area contributed by atoms with Gasteiger partial charge in [-0.15, -0.1) is 0 Å². The van der Waals surface area contributed by atoms with Crippen LogP contribution in [-0.4, -0.2) is 33.1 Å². The quantitative estimate of drug-likeness (QED) is 0.491. The minimum Gasteiger partial charge on any atom is -0.412 e. The number of carboxylic acids is 1. The molecule has 3 nitrogen and oxygen atoms in total. The molecule has 0 rings (SSSR count). The zero-order chi connectivity index (χ0) is 5.15. The van der Waals surface area contributed by atoms with Gasteiger partial charge in [0.25, 0.3) is 0 Å². The molecule has 1 unspecified atom stereocenters. The Labute approximate surface area is 50.3 Å². The third-order valence-corrected chi connectivity index (χ3v) is 1.15. The van der Waals surface area contributed by atoms with Crippen LogP contribution in [0.3, 0.4) is 0 Å². The van der Waals surface area contributed by atoms with Gasteiger partial charge in [-0.2, -0.15) is 0 Å². The van der Waals surface area contributed by atoms with Gasteiger partial charge in [0.15, 0.2) is 0 Å². The van der Waals surface area contributed by atoms with E-state index in [2.05, 4.69) is 0 Å². The molecule has 0 saturated heterocycles. The van der Waals surface area contributed by atoms with Crippen molar-refractivity contribution in [2.45, 2.75) is 11.7 Å². The van der Waals surface area contributed by atoms with E-state index in [0.717, 1.165) is 16.5 Å². The molecule has 1 radical (unpaired) electrons. The third-order valence-electron chi connectivity index (χ3n) is 0.422. The molecule has 1 atom stereocenters. The molecule has 3 N–H and O–H groups in total. The Bertz CT molecular complexity index is 61.2. The number of rotatable bonds is 1. The molecular weight excluding hydrogens is 157 g/mol. The fourth-order valence-electron chi connectivity index (χ4n) is 0. The minimum atomic E-state index is -0.685. The van der Waals surface area contributed by atoms with Crippen molar-refractivity contribution in [3.63, 3.8) is 0 Å². The fourth-order valence-corrected chi connectivity index (χ4v) is 0. The zero-order valence-corrected chi connectivity index (χ0v) is 7.11. The molecule has 0 heterocycles. The summed E-state index contributed by atoms with van der Waals surface area (Å²) < 4.78 is -0.106. The Morgan fingerprint density at radius 3 is 2.00 bits per heavy atom. The molecule has 0 aromatic carbocycles. The van der Waals surface area contributed by atoms with E-state index in [9.17, 15) is 4.79 Å². The minimum absolute atomic E-state index is 0. The first-order valence-electron chi connectivity index (χ1n) is 1.70. The van der Waals surface area contributed by atoms with Gasteiger partial charge in [-0.3, -0.25) is 0 Å². The van der Waals surface area contributed by atoms with Crippen molar-refractivity contribution in [1.29, 1.82) is 0 Å². The number of hydrogen-bond donors (Lipinski definition) is 1. The van der Waals surface area contributed by atoms with Crippen LogP contribution in [0.5, 0.6) is 0 Å². The van der Waals surface area contributed by atoms with Crippen LogP contribution in [0, 0.1) is 0 Å². The van der Waals surface area contributed by atoms with Crippen molar-refractivity contribution < 1.29 is 15.4 Å². The van der Waals surface area contributed by atoms with E-state index in [0.29, 0.717) is 0 Å². The van der Waals surface area contributed by atoms with Crippen molar-refractivity contribution in [3.05, 3.63) is 0 Å². The van der Waals surface area contributed by atoms with E-state index in [-0.39, 0.29) is 10.2 Å². The summed E-state index contributed by atoms with van der Waals surface area (Å²) in [5.41, 5.74) is 0. The van der Waals surface area contributed by atoms with Crippen LogP contribution in [0.1, 0.15) is 6.92 Å². The fraction of sp³-hybridized carbons (Fsp3) is 0.667. The van der Waals surface area contributed by atoms with Crippen molar-refractivity contribution in [1.82, 2.24) is 0 Å². The number of carbonyl (C=O) groups is 1. The SMILES string of the molecule is C[CH]([GeH2])C(=O)O.O. The molecule has 0 aliphatic carbocycles. The Kier molecular flexibility index (Phi) is 5.95. The Hall–Kier alpha value is -0.0271. The molecule has 0 amide bonds. The van der Waals surface area contributed by atoms with E-state index in [1.165, 1.54) is 0 Å². The van der Waals surface area contributed by atoms with Gasteiger partial charge in [-0.05, 0) is 0 Å². The largest absolute Gasteiger partial charge is 0.412 e. The number of aliphatic carboxylic acids is 1. The van der Waals surface area contributed by atoms with Crippen LogP contribution in [0.25, 0.3) is 0 Å². The maximum Gasteiger partial charge on any atom is -0.412 e. The smallest absolute Gasteiger partial charge is 0.412 e. The summed E-state index contributed by atoms with van der Waals surface area (Å²) in [5.74, 6) is -0.685. The van der Waals surface area contributed by atoms with Crippen LogP contribution in [0.2, 0.25) is 4.75 Å². The van der Waals surface area contributed by atoms with Crippen molar-refractivity contribution in [2.75, 3.05) is 0 Å². The van der Waals surface area contributed by atoms with Crippen LogP contribution in [0.4, 0.5) is 0 Å². The van der Waals surface area contributed by atoms with Gasteiger partial charge in [0.1, 0.15) is 0 Å². The topological polar surface area (TPSA) is 68.8 Å². The normalized spacial score (nSPS) is 11.7. The molecule has 0 aliphatic heterocycles. The van der Waals surface area contributed by atoms with Gasteiger partial charge < -0.3 is 5.48 Å². The second-order valence-corrected chi connectivity index (χ2v) is 3.81. The second kappa shape index (κ2) is 4.14. The predicted molar refractivity (Wildman–Crippen MR) is 29.2 cm³/mol. The Morgan fingerprint density at radius 1 is 1.86 bits per heavy atom. The second-order valence-electron chi connectivity index (χ2n) is 1.24. The van der Waals surface area contributed by atoms with E-state index in [1.807, 2.05) is 0 Å². The zero-order valence-electron chi connectivity index (χ0n) is 4.14. The molecule has 0 aromatic heterocycles. The number of hydrogen-bond acceptors (Lipinski definition) is 1. The van der Waals surface area contributed by atoms with Crippen molar-refractivity contribution in [3.8, 4) is 0 Å². The molecule has 7 heavy (non-hydrogen) atoms. The first-order valence-corrected chi connectivity index (χ1v) is 3.42. The van der Waals surface area contributed by atoms with Crippen molar-refractivity contribution >= 4 is 22.5 Å².